The number of nitrogens with zero attached hydrogens (tertiary/aromatic N) is 5. The highest BCUT2D eigenvalue weighted by Gasteiger charge is 2.30. The molecular formula is C26H31N7O4S. The van der Waals surface area contributed by atoms with E-state index in [0.29, 0.717) is 61.1 Å². The van der Waals surface area contributed by atoms with Gasteiger partial charge in [-0.05, 0) is 45.1 Å². The highest BCUT2D eigenvalue weighted by atomic mass is 32.2. The van der Waals surface area contributed by atoms with Crippen LogP contribution in [0.4, 0.5) is 0 Å². The van der Waals surface area contributed by atoms with Crippen LogP contribution in [0.15, 0.2) is 24.3 Å². The quantitative estimate of drug-likeness (QED) is 0.393. The van der Waals surface area contributed by atoms with Crippen molar-refractivity contribution in [1.29, 1.82) is 5.26 Å². The molecule has 2 aromatic heterocycles. The molecule has 3 heterocycles. The lowest BCUT2D eigenvalue weighted by Gasteiger charge is -2.31. The van der Waals surface area contributed by atoms with E-state index in [4.69, 9.17) is 21.8 Å². The Bertz CT molecular complexity index is 1550. The average Bonchev–Trinajstić information content (AvgIpc) is 3.15. The van der Waals surface area contributed by atoms with Gasteiger partial charge in [-0.15, -0.1) is 0 Å². The lowest BCUT2D eigenvalue weighted by atomic mass is 9.92. The predicted molar refractivity (Wildman–Crippen MR) is 142 cm³/mol. The van der Waals surface area contributed by atoms with Crippen LogP contribution in [0.25, 0.3) is 22.0 Å². The Hall–Kier alpha value is -3.82. The first-order chi connectivity index (χ1) is 18.0. The number of unbranched alkanes of at least 4 members (excludes halogenated alkanes) is 1. The van der Waals surface area contributed by atoms with Crippen molar-refractivity contribution in [2.45, 2.75) is 46.1 Å². The average molecular weight is 538 g/mol. The smallest absolute Gasteiger partial charge is 0.267 e. The Labute approximate surface area is 221 Å². The van der Waals surface area contributed by atoms with E-state index < -0.39 is 21.8 Å². The molecule has 11 nitrogen and oxygen atoms in total. The third kappa shape index (κ3) is 5.25. The minimum Gasteiger partial charge on any atom is -0.366 e. The molecule has 3 aromatic rings. The van der Waals surface area contributed by atoms with Crippen molar-refractivity contribution < 1.29 is 18.0 Å². The first-order valence-electron chi connectivity index (χ1n) is 12.5. The molecule has 1 aliphatic rings. The van der Waals surface area contributed by atoms with E-state index in [2.05, 4.69) is 4.98 Å². The predicted octanol–water partition coefficient (Wildman–Crippen LogP) is 2.26. The van der Waals surface area contributed by atoms with Gasteiger partial charge < -0.3 is 11.5 Å². The van der Waals surface area contributed by atoms with Gasteiger partial charge in [-0.3, -0.25) is 14.3 Å². The van der Waals surface area contributed by atoms with Gasteiger partial charge in [-0.25, -0.2) is 17.7 Å². The molecule has 0 saturated carbocycles. The number of fused-ring (bicyclic) bond motifs is 1. The fourth-order valence-electron chi connectivity index (χ4n) is 5.20. The number of piperidine rings is 1. The molecule has 0 bridgehead atoms. The van der Waals surface area contributed by atoms with Crippen LogP contribution in [-0.4, -0.2) is 58.1 Å². The number of hydrogen-bond acceptors (Lipinski definition) is 7. The monoisotopic (exact) mass is 537 g/mol. The van der Waals surface area contributed by atoms with Crippen molar-refractivity contribution in [2.24, 2.45) is 17.4 Å². The number of hydrogen-bond donors (Lipinski definition) is 2. The van der Waals surface area contributed by atoms with Gasteiger partial charge in [0, 0.05) is 48.3 Å². The summed E-state index contributed by atoms with van der Waals surface area (Å²) in [6, 6.07) is 8.92. The van der Waals surface area contributed by atoms with E-state index in [1.54, 1.807) is 31.2 Å². The summed E-state index contributed by atoms with van der Waals surface area (Å²) in [6.07, 6.45) is 1.89. The van der Waals surface area contributed by atoms with Crippen LogP contribution >= 0.6 is 0 Å². The van der Waals surface area contributed by atoms with E-state index >= 15 is 0 Å². The standard InChI is InChI=1S/C26H31N7O4S/c1-16-21(23-22(25(28)34)19-7-3-4-8-20(19)30-24(23)26(29)35)17(2)33(31-16)15-18-9-12-32(13-10-18)38(36,37)14-6-5-11-27/h3-4,7-8,18H,5-6,9-10,12-15H2,1-2H3,(H2,28,34)(H2,29,35). The molecule has 0 unspecified atom stereocenters. The number of aromatic nitrogens is 3. The molecule has 0 aliphatic carbocycles. The summed E-state index contributed by atoms with van der Waals surface area (Å²) in [5, 5.41) is 13.9. The number of aryl methyl sites for hydroxylation is 1. The fraction of sp³-hybridized carbons (Fsp3) is 0.423. The Balaban J connectivity index is 1.64. The molecule has 0 radical (unpaired) electrons. The van der Waals surface area contributed by atoms with Gasteiger partial charge in [-0.1, -0.05) is 18.2 Å². The van der Waals surface area contributed by atoms with Crippen molar-refractivity contribution in [3.05, 3.63) is 46.9 Å². The van der Waals surface area contributed by atoms with Crippen LogP contribution in [0.2, 0.25) is 0 Å². The Kier molecular flexibility index (Phi) is 7.80. The third-order valence-corrected chi connectivity index (χ3v) is 9.05. The topological polar surface area (TPSA) is 178 Å². The molecule has 0 atom stereocenters. The van der Waals surface area contributed by atoms with E-state index in [1.807, 2.05) is 17.7 Å². The molecule has 0 spiro atoms. The van der Waals surface area contributed by atoms with Crippen LogP contribution in [0.1, 0.15) is 57.9 Å². The molecule has 1 aromatic carbocycles. The van der Waals surface area contributed by atoms with Crippen molar-refractivity contribution >= 4 is 32.7 Å². The summed E-state index contributed by atoms with van der Waals surface area (Å²) < 4.78 is 28.5. The maximum absolute atomic E-state index is 12.7. The van der Waals surface area contributed by atoms with Crippen LogP contribution in [0.3, 0.4) is 0 Å². The zero-order valence-electron chi connectivity index (χ0n) is 21.5. The number of benzene rings is 1. The third-order valence-electron chi connectivity index (χ3n) is 7.09. The maximum Gasteiger partial charge on any atom is 0.267 e. The SMILES string of the molecule is Cc1nn(CC2CCN(S(=O)(=O)CCCC#N)CC2)c(C)c1-c1c(C(N)=O)nc2ccccc2c1C(N)=O. The maximum atomic E-state index is 12.7. The number of pyridine rings is 1. The number of nitriles is 1. The molecule has 200 valence electrons. The van der Waals surface area contributed by atoms with Crippen molar-refractivity contribution in [2.75, 3.05) is 18.8 Å². The normalized spacial score (nSPS) is 15.0. The van der Waals surface area contributed by atoms with E-state index in [1.165, 1.54) is 4.31 Å². The summed E-state index contributed by atoms with van der Waals surface area (Å²) >= 11 is 0. The molecule has 1 fully saturated rings. The largest absolute Gasteiger partial charge is 0.366 e. The number of rotatable bonds is 9. The second-order valence-electron chi connectivity index (χ2n) is 9.60. The molecule has 38 heavy (non-hydrogen) atoms. The number of amides is 2. The van der Waals surface area contributed by atoms with Crippen LogP contribution in [-0.2, 0) is 16.6 Å². The summed E-state index contributed by atoms with van der Waals surface area (Å²) in [7, 11) is -3.38. The van der Waals surface area contributed by atoms with E-state index in [0.717, 1.165) is 5.69 Å². The van der Waals surface area contributed by atoms with Gasteiger partial charge in [0.15, 0.2) is 0 Å². The Morgan fingerprint density at radius 2 is 1.79 bits per heavy atom. The molecule has 12 heteroatoms. The molecule has 1 aliphatic heterocycles. The van der Waals surface area contributed by atoms with Gasteiger partial charge in [0.1, 0.15) is 5.69 Å². The molecule has 1 saturated heterocycles. The first-order valence-corrected chi connectivity index (χ1v) is 14.1. The number of carbonyl (C=O) groups excluding carboxylic acids is 2. The minimum atomic E-state index is -3.38. The number of para-hydroxylation sites is 1. The number of nitrogens with two attached hydrogens (primary N) is 2. The highest BCUT2D eigenvalue weighted by Crippen LogP contribution is 2.36. The summed E-state index contributed by atoms with van der Waals surface area (Å²) in [5.41, 5.74) is 14.3. The van der Waals surface area contributed by atoms with Crippen LogP contribution in [0, 0.1) is 31.1 Å². The first kappa shape index (κ1) is 27.2. The fourth-order valence-corrected chi connectivity index (χ4v) is 6.74. The van der Waals surface area contributed by atoms with Gasteiger partial charge in [0.25, 0.3) is 5.91 Å². The molecule has 2 amide bonds. The second kappa shape index (κ2) is 10.9. The van der Waals surface area contributed by atoms with E-state index in [-0.39, 0.29) is 34.9 Å². The molecule has 4 N–H and O–H groups in total. The zero-order chi connectivity index (χ0) is 27.6. The molecular weight excluding hydrogens is 506 g/mol. The molecule has 4 rings (SSSR count). The lowest BCUT2D eigenvalue weighted by molar-refractivity contribution is 0.0996. The minimum absolute atomic E-state index is 0.0176. The Morgan fingerprint density at radius 1 is 1.11 bits per heavy atom. The number of primary amides is 2. The van der Waals surface area contributed by atoms with Crippen LogP contribution in [0.5, 0.6) is 0 Å². The Morgan fingerprint density at radius 3 is 2.42 bits per heavy atom. The summed E-state index contributed by atoms with van der Waals surface area (Å²) in [4.78, 5) is 29.6. The van der Waals surface area contributed by atoms with Gasteiger partial charge in [0.05, 0.1) is 28.6 Å². The van der Waals surface area contributed by atoms with Crippen molar-refractivity contribution in [3.63, 3.8) is 0 Å². The zero-order valence-corrected chi connectivity index (χ0v) is 22.3. The summed E-state index contributed by atoms with van der Waals surface area (Å²) in [6.45, 7) is 5.03. The number of sulfonamides is 1. The summed E-state index contributed by atoms with van der Waals surface area (Å²) in [5.74, 6) is -1.30. The van der Waals surface area contributed by atoms with Gasteiger partial charge in [-0.2, -0.15) is 10.4 Å². The van der Waals surface area contributed by atoms with Gasteiger partial charge >= 0.3 is 0 Å². The van der Waals surface area contributed by atoms with Crippen molar-refractivity contribution in [1.82, 2.24) is 19.1 Å². The number of carbonyl (C=O) groups is 2. The van der Waals surface area contributed by atoms with Crippen molar-refractivity contribution in [3.8, 4) is 17.2 Å². The highest BCUT2D eigenvalue weighted by molar-refractivity contribution is 7.89. The lowest BCUT2D eigenvalue weighted by Crippen LogP contribution is -2.40. The van der Waals surface area contributed by atoms with Crippen LogP contribution < -0.4 is 11.5 Å². The van der Waals surface area contributed by atoms with Gasteiger partial charge in [0.2, 0.25) is 15.9 Å². The second-order valence-corrected chi connectivity index (χ2v) is 11.7. The van der Waals surface area contributed by atoms with E-state index in [9.17, 15) is 18.0 Å².